The zero-order valence-electron chi connectivity index (χ0n) is 35.8. The summed E-state index contributed by atoms with van der Waals surface area (Å²) in [5, 5.41) is 2.23. The van der Waals surface area contributed by atoms with Crippen LogP contribution in [0.3, 0.4) is 0 Å². The third kappa shape index (κ3) is 11.9. The molecule has 0 radical (unpaired) electrons. The van der Waals surface area contributed by atoms with Gasteiger partial charge in [-0.1, -0.05) is 203 Å². The van der Waals surface area contributed by atoms with E-state index in [0.717, 1.165) is 119 Å². The van der Waals surface area contributed by atoms with Crippen LogP contribution in [0.1, 0.15) is 150 Å². The molecule has 0 amide bonds. The third-order valence-corrected chi connectivity index (χ3v) is 21.6. The van der Waals surface area contributed by atoms with Gasteiger partial charge in [0, 0.05) is 21.7 Å². The summed E-state index contributed by atoms with van der Waals surface area (Å²) in [5.74, 6) is 0.427. The summed E-state index contributed by atoms with van der Waals surface area (Å²) in [6.45, 7) is 10.3. The fraction of sp³-hybridized carbons (Fsp3) is 0.462. The average Bonchev–Trinajstić information content (AvgIpc) is 3.25. The molecule has 4 rings (SSSR count). The number of carbonyl (C=O) groups is 2. The molecule has 2 nitrogen and oxygen atoms in total. The van der Waals surface area contributed by atoms with Crippen molar-refractivity contribution in [2.45, 2.75) is 119 Å². The number of rotatable bonds is 25. The number of Topliss-reactive ketones (excluding diaryl/α,β-unsaturated/α-hetero) is 2. The van der Waals surface area contributed by atoms with Gasteiger partial charge in [0.15, 0.2) is 11.6 Å². The molecular weight excluding hydrogens is 719 g/mol. The summed E-state index contributed by atoms with van der Waals surface area (Å²) in [6, 6.07) is 37.8. The van der Waals surface area contributed by atoms with Crippen molar-refractivity contribution >= 4 is 35.9 Å². The second kappa shape index (κ2) is 23.9. The molecule has 0 aromatic heterocycles. The lowest BCUT2D eigenvalue weighted by molar-refractivity contribution is 0.106. The smallest absolute Gasteiger partial charge is 0.193 e. The van der Waals surface area contributed by atoms with Crippen molar-refractivity contribution in [1.82, 2.24) is 0 Å². The summed E-state index contributed by atoms with van der Waals surface area (Å²) >= 11 is 0. The molecule has 0 saturated carbocycles. The second-order valence-corrected chi connectivity index (χ2v) is 24.2. The van der Waals surface area contributed by atoms with Crippen molar-refractivity contribution in [3.63, 3.8) is 0 Å². The monoisotopic (exact) mass is 791 g/mol. The van der Waals surface area contributed by atoms with E-state index in [-0.39, 0.29) is 11.6 Å². The Hall–Kier alpha value is -3.18. The van der Waals surface area contributed by atoms with Crippen LogP contribution in [0.15, 0.2) is 109 Å². The predicted octanol–water partition coefficient (Wildman–Crippen LogP) is 15.0. The van der Waals surface area contributed by atoms with Crippen LogP contribution in [0.4, 0.5) is 0 Å². The van der Waals surface area contributed by atoms with Crippen LogP contribution in [-0.4, -0.2) is 59.1 Å². The fourth-order valence-corrected chi connectivity index (χ4v) is 19.2. The zero-order chi connectivity index (χ0) is 40.2. The summed E-state index contributed by atoms with van der Waals surface area (Å²) in [5.41, 5.74) is 5.93. The standard InChI is InChI=1S/C52H72O2P2/c1-7-13-37-55(38-14-8-2,39-15-9-3)51(47-25-21-19-22-26-47)49(53)45-33-29-43(30-34-45)44-31-35-46(36-32-44)50(54)52(48-27-23-20-24-28-48)56(40-16-10-4,41-17-11-5)42-18-12-6/h19-36H,7-18,37-42H2,1-6H3. The highest BCUT2D eigenvalue weighted by Gasteiger charge is 2.30. The minimum Gasteiger partial charge on any atom is -0.289 e. The van der Waals surface area contributed by atoms with E-state index in [2.05, 4.69) is 126 Å². The minimum absolute atomic E-state index is 0.213. The Morgan fingerprint density at radius 3 is 0.821 bits per heavy atom. The Labute approximate surface area is 342 Å². The molecule has 4 aromatic carbocycles. The highest BCUT2D eigenvalue weighted by Crippen LogP contribution is 2.55. The van der Waals surface area contributed by atoms with Crippen molar-refractivity contribution in [2.24, 2.45) is 0 Å². The molecule has 0 unspecified atom stereocenters. The van der Waals surface area contributed by atoms with Crippen LogP contribution in [0.2, 0.25) is 0 Å². The zero-order valence-corrected chi connectivity index (χ0v) is 37.6. The van der Waals surface area contributed by atoms with Crippen LogP contribution in [0, 0.1) is 0 Å². The Kier molecular flexibility index (Phi) is 19.4. The molecule has 0 fully saturated rings. The number of carbonyl (C=O) groups excluding carboxylic acids is 2. The van der Waals surface area contributed by atoms with Gasteiger partial charge < -0.3 is 0 Å². The van der Waals surface area contributed by atoms with Gasteiger partial charge in [0.05, 0.1) is 0 Å². The highest BCUT2D eigenvalue weighted by atomic mass is 31.2. The largest absolute Gasteiger partial charge is 0.289 e. The maximum absolute atomic E-state index is 14.9. The Morgan fingerprint density at radius 2 is 0.589 bits per heavy atom. The van der Waals surface area contributed by atoms with Gasteiger partial charge in [0.25, 0.3) is 0 Å². The Balaban J connectivity index is 1.77. The van der Waals surface area contributed by atoms with Crippen LogP contribution in [-0.2, 0) is 0 Å². The summed E-state index contributed by atoms with van der Waals surface area (Å²) in [4.78, 5) is 29.7. The minimum atomic E-state index is -1.71. The van der Waals surface area contributed by atoms with Crippen molar-refractivity contribution in [3.8, 4) is 11.1 Å². The molecule has 4 aromatic rings. The van der Waals surface area contributed by atoms with E-state index in [0.29, 0.717) is 0 Å². The summed E-state index contributed by atoms with van der Waals surface area (Å²) < 4.78 is 0. The van der Waals surface area contributed by atoms with E-state index in [4.69, 9.17) is 0 Å². The maximum Gasteiger partial charge on any atom is 0.193 e. The Bertz CT molecular complexity index is 1690. The molecule has 0 aliphatic rings. The quantitative estimate of drug-likeness (QED) is 0.0495. The number of ketones is 2. The number of hydrogen-bond donors (Lipinski definition) is 0. The molecule has 0 aliphatic carbocycles. The molecule has 0 N–H and O–H groups in total. The van der Waals surface area contributed by atoms with Crippen LogP contribution >= 0.6 is 13.8 Å². The van der Waals surface area contributed by atoms with Gasteiger partial charge in [-0.3, -0.25) is 9.59 Å². The molecule has 0 spiro atoms. The molecule has 0 aliphatic heterocycles. The van der Waals surface area contributed by atoms with Crippen LogP contribution < -0.4 is 0 Å². The first-order valence-electron chi connectivity index (χ1n) is 22.2. The van der Waals surface area contributed by atoms with Crippen molar-refractivity contribution < 1.29 is 9.59 Å². The van der Waals surface area contributed by atoms with Crippen molar-refractivity contribution in [1.29, 1.82) is 0 Å². The van der Waals surface area contributed by atoms with E-state index < -0.39 is 13.8 Å². The lowest BCUT2D eigenvalue weighted by atomic mass is 9.97. The first-order valence-corrected chi connectivity index (χ1v) is 26.9. The summed E-state index contributed by atoms with van der Waals surface area (Å²) in [6.07, 6.45) is 20.9. The normalized spacial score (nSPS) is 11.8. The van der Waals surface area contributed by atoms with E-state index in [9.17, 15) is 9.59 Å². The highest BCUT2D eigenvalue weighted by molar-refractivity contribution is 7.78. The van der Waals surface area contributed by atoms with E-state index in [1.807, 2.05) is 24.3 Å². The molecule has 4 heteroatoms. The van der Waals surface area contributed by atoms with Gasteiger partial charge in [-0.15, -0.1) is 0 Å². The number of unbranched alkanes of at least 4 members (excludes halogenated alkanes) is 6. The first kappa shape index (κ1) is 45.5. The molecule has 0 atom stereocenters. The first-order chi connectivity index (χ1) is 27.3. The molecule has 0 saturated heterocycles. The third-order valence-electron chi connectivity index (χ3n) is 11.7. The van der Waals surface area contributed by atoms with Crippen molar-refractivity contribution in [3.05, 3.63) is 131 Å². The summed E-state index contributed by atoms with van der Waals surface area (Å²) in [7, 11) is 0. The second-order valence-electron chi connectivity index (χ2n) is 16.0. The molecule has 0 heterocycles. The van der Waals surface area contributed by atoms with Gasteiger partial charge in [-0.05, 0) is 97.8 Å². The number of hydrogen-bond acceptors (Lipinski definition) is 2. The van der Waals surface area contributed by atoms with Gasteiger partial charge in [-0.2, -0.15) is 0 Å². The molecule has 56 heavy (non-hydrogen) atoms. The van der Waals surface area contributed by atoms with Gasteiger partial charge in [0.1, 0.15) is 0 Å². The number of benzene rings is 4. The van der Waals surface area contributed by atoms with Gasteiger partial charge >= 0.3 is 0 Å². The van der Waals surface area contributed by atoms with E-state index in [1.54, 1.807) is 0 Å². The average molecular weight is 791 g/mol. The van der Waals surface area contributed by atoms with E-state index >= 15 is 0 Å². The van der Waals surface area contributed by atoms with Gasteiger partial charge in [0.2, 0.25) is 0 Å². The van der Waals surface area contributed by atoms with E-state index in [1.165, 1.54) is 38.5 Å². The van der Waals surface area contributed by atoms with Crippen molar-refractivity contribution in [2.75, 3.05) is 37.0 Å². The lowest BCUT2D eigenvalue weighted by Gasteiger charge is -2.31. The predicted molar refractivity (Wildman–Crippen MR) is 254 cm³/mol. The fourth-order valence-electron chi connectivity index (χ4n) is 8.44. The van der Waals surface area contributed by atoms with Crippen LogP contribution in [0.25, 0.3) is 11.1 Å². The lowest BCUT2D eigenvalue weighted by Crippen LogP contribution is -2.22. The molecule has 302 valence electrons. The maximum atomic E-state index is 14.9. The SMILES string of the molecule is CCCCP(CCCC)(CCCC)=C(C(=O)c1ccc(-c2ccc(C(=O)C(c3ccccc3)=P(CCCC)(CCCC)CCCC)cc2)cc1)c1ccccc1. The van der Waals surface area contributed by atoms with Crippen LogP contribution in [0.5, 0.6) is 0 Å². The Morgan fingerprint density at radius 1 is 0.339 bits per heavy atom. The topological polar surface area (TPSA) is 34.1 Å². The molecule has 0 bridgehead atoms. The molecular formula is C52H72O2P2. The van der Waals surface area contributed by atoms with Gasteiger partial charge in [-0.25, -0.2) is 0 Å².